The fourth-order valence-corrected chi connectivity index (χ4v) is 2.78. The molecule has 2 aromatic heterocycles. The van der Waals surface area contributed by atoms with Crippen molar-refractivity contribution < 1.29 is 8.78 Å². The minimum absolute atomic E-state index is 0.234. The molecule has 0 atom stereocenters. The Morgan fingerprint density at radius 3 is 2.48 bits per heavy atom. The number of rotatable bonds is 9. The van der Waals surface area contributed by atoms with Crippen LogP contribution < -0.4 is 10.6 Å². The van der Waals surface area contributed by atoms with Gasteiger partial charge in [0.25, 0.3) is 0 Å². The number of nitrogens with one attached hydrogen (secondary N) is 2. The smallest absolute Gasteiger partial charge is 0.225 e. The summed E-state index contributed by atoms with van der Waals surface area (Å²) < 4.78 is 26.8. The first-order valence-corrected chi connectivity index (χ1v) is 9.36. The van der Waals surface area contributed by atoms with Crippen LogP contribution in [0.5, 0.6) is 0 Å². The van der Waals surface area contributed by atoms with Crippen molar-refractivity contribution in [3.8, 4) is 11.3 Å². The van der Waals surface area contributed by atoms with Gasteiger partial charge >= 0.3 is 0 Å². The number of nitrogens with zero attached hydrogens (tertiary/aromatic N) is 4. The Hall–Kier alpha value is -3.13. The third kappa shape index (κ3) is 6.46. The average molecular weight is 398 g/mol. The molecule has 0 aliphatic carbocycles. The summed E-state index contributed by atoms with van der Waals surface area (Å²) in [7, 11) is 4.05. The first-order valence-electron chi connectivity index (χ1n) is 9.36. The fourth-order valence-electron chi connectivity index (χ4n) is 2.78. The van der Waals surface area contributed by atoms with Crippen LogP contribution in [0.3, 0.4) is 0 Å². The van der Waals surface area contributed by atoms with Crippen LogP contribution in [-0.2, 0) is 6.54 Å². The summed E-state index contributed by atoms with van der Waals surface area (Å²) >= 11 is 0. The second-order valence-corrected chi connectivity index (χ2v) is 6.92. The molecule has 152 valence electrons. The molecule has 0 radical (unpaired) electrons. The number of halogens is 2. The molecule has 2 N–H and O–H groups in total. The molecule has 2 heterocycles. The fraction of sp³-hybridized carbons (Fsp3) is 0.286. The predicted molar refractivity (Wildman–Crippen MR) is 111 cm³/mol. The van der Waals surface area contributed by atoms with E-state index in [2.05, 4.69) is 30.5 Å². The molecule has 29 heavy (non-hydrogen) atoms. The number of anilines is 2. The standard InChI is InChI=1S/C21H24F2N6/c1-29(2)8-4-7-25-21-27-19(16-5-3-6-24-14-16)12-20(28-21)26-13-15-9-17(22)11-18(23)10-15/h3,5-6,9-12,14H,4,7-8,13H2,1-2H3,(H2,25,26,27,28). The van der Waals surface area contributed by atoms with E-state index in [-0.39, 0.29) is 6.54 Å². The molecule has 8 heteroatoms. The van der Waals surface area contributed by atoms with Gasteiger partial charge in [0, 0.05) is 43.2 Å². The molecule has 0 unspecified atom stereocenters. The average Bonchev–Trinajstić information content (AvgIpc) is 2.69. The van der Waals surface area contributed by atoms with E-state index >= 15 is 0 Å². The van der Waals surface area contributed by atoms with Gasteiger partial charge in [0.1, 0.15) is 17.5 Å². The minimum Gasteiger partial charge on any atom is -0.366 e. The van der Waals surface area contributed by atoms with Crippen LogP contribution in [0.2, 0.25) is 0 Å². The second kappa shape index (κ2) is 9.88. The minimum atomic E-state index is -0.608. The van der Waals surface area contributed by atoms with Crippen LogP contribution >= 0.6 is 0 Å². The first kappa shape index (κ1) is 20.6. The van der Waals surface area contributed by atoms with Gasteiger partial charge in [-0.1, -0.05) is 0 Å². The van der Waals surface area contributed by atoms with E-state index in [4.69, 9.17) is 0 Å². The maximum Gasteiger partial charge on any atom is 0.225 e. The molecule has 6 nitrogen and oxygen atoms in total. The van der Waals surface area contributed by atoms with E-state index in [1.54, 1.807) is 18.5 Å². The van der Waals surface area contributed by atoms with E-state index < -0.39 is 11.6 Å². The number of hydrogen-bond donors (Lipinski definition) is 2. The van der Waals surface area contributed by atoms with Gasteiger partial charge in [-0.3, -0.25) is 4.98 Å². The molecule has 0 saturated heterocycles. The summed E-state index contributed by atoms with van der Waals surface area (Å²) in [5.74, 6) is -0.177. The van der Waals surface area contributed by atoms with E-state index in [1.807, 2.05) is 26.2 Å². The lowest BCUT2D eigenvalue weighted by Crippen LogP contribution is -2.17. The molecule has 0 aliphatic heterocycles. The molecule has 0 saturated carbocycles. The zero-order chi connectivity index (χ0) is 20.6. The van der Waals surface area contributed by atoms with Gasteiger partial charge in [0.15, 0.2) is 0 Å². The van der Waals surface area contributed by atoms with Crippen LogP contribution in [-0.4, -0.2) is 47.0 Å². The van der Waals surface area contributed by atoms with Crippen LogP contribution in [0.25, 0.3) is 11.3 Å². The van der Waals surface area contributed by atoms with Gasteiger partial charge in [-0.15, -0.1) is 0 Å². The third-order valence-corrected chi connectivity index (χ3v) is 4.14. The van der Waals surface area contributed by atoms with Crippen LogP contribution in [0.1, 0.15) is 12.0 Å². The molecule has 0 fully saturated rings. The van der Waals surface area contributed by atoms with E-state index in [1.165, 1.54) is 12.1 Å². The van der Waals surface area contributed by atoms with E-state index in [0.717, 1.165) is 31.1 Å². The lowest BCUT2D eigenvalue weighted by Gasteiger charge is -2.13. The molecular formula is C21H24F2N6. The lowest BCUT2D eigenvalue weighted by molar-refractivity contribution is 0.405. The van der Waals surface area contributed by atoms with Crippen molar-refractivity contribution in [3.63, 3.8) is 0 Å². The Bertz CT molecular complexity index is 913. The Balaban J connectivity index is 1.78. The third-order valence-electron chi connectivity index (χ3n) is 4.14. The number of aromatic nitrogens is 3. The highest BCUT2D eigenvalue weighted by atomic mass is 19.1. The van der Waals surface area contributed by atoms with Gasteiger partial charge in [-0.2, -0.15) is 4.98 Å². The summed E-state index contributed by atoms with van der Waals surface area (Å²) in [5.41, 5.74) is 2.05. The summed E-state index contributed by atoms with van der Waals surface area (Å²) in [6, 6.07) is 8.97. The van der Waals surface area contributed by atoms with Crippen molar-refractivity contribution in [2.24, 2.45) is 0 Å². The molecule has 0 amide bonds. The largest absolute Gasteiger partial charge is 0.366 e. The van der Waals surface area contributed by atoms with Gasteiger partial charge in [0.2, 0.25) is 5.95 Å². The monoisotopic (exact) mass is 398 g/mol. The highest BCUT2D eigenvalue weighted by molar-refractivity contribution is 5.63. The molecule has 3 aromatic rings. The van der Waals surface area contributed by atoms with Crippen LogP contribution in [0.4, 0.5) is 20.5 Å². The second-order valence-electron chi connectivity index (χ2n) is 6.92. The highest BCUT2D eigenvalue weighted by Gasteiger charge is 2.08. The van der Waals surface area contributed by atoms with Crippen LogP contribution in [0, 0.1) is 11.6 Å². The highest BCUT2D eigenvalue weighted by Crippen LogP contribution is 2.21. The van der Waals surface area contributed by atoms with Crippen molar-refractivity contribution in [2.75, 3.05) is 37.8 Å². The van der Waals surface area contributed by atoms with Gasteiger partial charge in [0.05, 0.1) is 5.69 Å². The Morgan fingerprint density at radius 2 is 1.79 bits per heavy atom. The van der Waals surface area contributed by atoms with E-state index in [9.17, 15) is 8.78 Å². The summed E-state index contributed by atoms with van der Waals surface area (Å²) in [5, 5.41) is 6.36. The molecular weight excluding hydrogens is 374 g/mol. The summed E-state index contributed by atoms with van der Waals surface area (Å²) in [4.78, 5) is 15.3. The maximum absolute atomic E-state index is 13.4. The Kier molecular flexibility index (Phi) is 7.02. The van der Waals surface area contributed by atoms with E-state index in [0.29, 0.717) is 23.0 Å². The molecule has 1 aromatic carbocycles. The Labute approximate surface area is 169 Å². The van der Waals surface area contributed by atoms with Crippen molar-refractivity contribution in [3.05, 3.63) is 66.0 Å². The number of benzene rings is 1. The number of pyridine rings is 1. The van der Waals surface area contributed by atoms with Crippen molar-refractivity contribution >= 4 is 11.8 Å². The lowest BCUT2D eigenvalue weighted by atomic mass is 10.2. The summed E-state index contributed by atoms with van der Waals surface area (Å²) in [6.07, 6.45) is 4.37. The SMILES string of the molecule is CN(C)CCCNc1nc(NCc2cc(F)cc(F)c2)cc(-c2cccnc2)n1. The van der Waals surface area contributed by atoms with Crippen LogP contribution in [0.15, 0.2) is 48.8 Å². The quantitative estimate of drug-likeness (QED) is 0.535. The molecule has 0 spiro atoms. The molecule has 0 bridgehead atoms. The van der Waals surface area contributed by atoms with Crippen molar-refractivity contribution in [1.82, 2.24) is 19.9 Å². The van der Waals surface area contributed by atoms with Gasteiger partial charge < -0.3 is 15.5 Å². The zero-order valence-electron chi connectivity index (χ0n) is 16.5. The summed E-state index contributed by atoms with van der Waals surface area (Å²) in [6.45, 7) is 1.91. The van der Waals surface area contributed by atoms with Gasteiger partial charge in [-0.25, -0.2) is 13.8 Å². The molecule has 3 rings (SSSR count). The molecule has 0 aliphatic rings. The maximum atomic E-state index is 13.4. The topological polar surface area (TPSA) is 66.0 Å². The zero-order valence-corrected chi connectivity index (χ0v) is 16.5. The van der Waals surface area contributed by atoms with Crippen molar-refractivity contribution in [2.45, 2.75) is 13.0 Å². The number of hydrogen-bond acceptors (Lipinski definition) is 6. The van der Waals surface area contributed by atoms with Gasteiger partial charge in [-0.05, 0) is 56.9 Å². The normalized spacial score (nSPS) is 10.9. The first-order chi connectivity index (χ1) is 14.0. The van der Waals surface area contributed by atoms with Crippen molar-refractivity contribution in [1.29, 1.82) is 0 Å². The Morgan fingerprint density at radius 1 is 1.00 bits per heavy atom. The predicted octanol–water partition coefficient (Wildman–Crippen LogP) is 3.79.